The van der Waals surface area contributed by atoms with Crippen molar-refractivity contribution >= 4 is 38.4 Å². The number of nitrogens with zero attached hydrogens (tertiary/aromatic N) is 1. The second-order valence-electron chi connectivity index (χ2n) is 6.51. The first-order chi connectivity index (χ1) is 14.2. The summed E-state index contributed by atoms with van der Waals surface area (Å²) in [5, 5.41) is 4.01. The number of thiazole rings is 1. The zero-order valence-electron chi connectivity index (χ0n) is 15.1. The second-order valence-corrected chi connectivity index (χ2v) is 7.54. The van der Waals surface area contributed by atoms with Crippen molar-refractivity contribution in [3.05, 3.63) is 88.4 Å². The van der Waals surface area contributed by atoms with Gasteiger partial charge in [-0.3, -0.25) is 9.59 Å². The molecule has 6 nitrogen and oxygen atoms in total. The molecule has 3 heterocycles. The Balaban J connectivity index is 1.34. The lowest BCUT2D eigenvalue weighted by Crippen LogP contribution is -2.28. The lowest BCUT2D eigenvalue weighted by molar-refractivity contribution is 0.0947. The molecule has 1 amide bonds. The van der Waals surface area contributed by atoms with E-state index in [1.54, 1.807) is 35.6 Å². The van der Waals surface area contributed by atoms with Crippen LogP contribution in [0.15, 0.2) is 76.1 Å². The average molecular weight is 401 g/mol. The van der Waals surface area contributed by atoms with Crippen LogP contribution in [0.3, 0.4) is 0 Å². The summed E-state index contributed by atoms with van der Waals surface area (Å²) >= 11 is 1.55. The first kappa shape index (κ1) is 17.4. The molecule has 2 N–H and O–H groups in total. The number of rotatable bonds is 4. The van der Waals surface area contributed by atoms with Gasteiger partial charge in [-0.15, -0.1) is 11.3 Å². The van der Waals surface area contributed by atoms with E-state index in [0.717, 1.165) is 15.2 Å². The summed E-state index contributed by atoms with van der Waals surface area (Å²) in [5.41, 5.74) is 1.39. The molecule has 0 unspecified atom stereocenters. The summed E-state index contributed by atoms with van der Waals surface area (Å²) in [4.78, 5) is 32.6. The highest BCUT2D eigenvalue weighted by Crippen LogP contribution is 2.31. The van der Waals surface area contributed by atoms with Crippen LogP contribution >= 0.6 is 11.3 Å². The minimum Gasteiger partial charge on any atom is -0.457 e. The van der Waals surface area contributed by atoms with Gasteiger partial charge in [0, 0.05) is 17.1 Å². The van der Waals surface area contributed by atoms with E-state index in [0.29, 0.717) is 22.4 Å². The van der Waals surface area contributed by atoms with Crippen molar-refractivity contribution < 1.29 is 9.21 Å². The topological polar surface area (TPSA) is 88.0 Å². The van der Waals surface area contributed by atoms with Gasteiger partial charge >= 0.3 is 0 Å². The minimum atomic E-state index is -0.449. The molecule has 0 saturated carbocycles. The molecule has 29 heavy (non-hydrogen) atoms. The fourth-order valence-electron chi connectivity index (χ4n) is 3.16. The standard InChI is InChI=1S/C22H15N3O3S/c26-20-14-5-1-2-6-16(14)23-12-15(20)21(27)24-11-13-9-10-18(28-13)22-25-17-7-3-4-8-19(17)29-22/h1-10,12H,11H2,(H,23,26)(H,24,27). The van der Waals surface area contributed by atoms with Crippen LogP contribution in [0.25, 0.3) is 31.9 Å². The van der Waals surface area contributed by atoms with Crippen LogP contribution in [0.2, 0.25) is 0 Å². The van der Waals surface area contributed by atoms with E-state index >= 15 is 0 Å². The Morgan fingerprint density at radius 3 is 2.79 bits per heavy atom. The molecule has 0 fully saturated rings. The van der Waals surface area contributed by atoms with E-state index in [2.05, 4.69) is 15.3 Å². The van der Waals surface area contributed by atoms with Crippen molar-refractivity contribution in [2.75, 3.05) is 0 Å². The molecular weight excluding hydrogens is 386 g/mol. The van der Waals surface area contributed by atoms with Crippen molar-refractivity contribution in [2.24, 2.45) is 0 Å². The highest BCUT2D eigenvalue weighted by Gasteiger charge is 2.14. The van der Waals surface area contributed by atoms with Crippen molar-refractivity contribution in [1.29, 1.82) is 0 Å². The Kier molecular flexibility index (Phi) is 4.22. The maximum Gasteiger partial charge on any atom is 0.257 e. The average Bonchev–Trinajstić information content (AvgIpc) is 3.39. The minimum absolute atomic E-state index is 0.0710. The number of H-pyrrole nitrogens is 1. The monoisotopic (exact) mass is 401 g/mol. The molecule has 0 aliphatic carbocycles. The van der Waals surface area contributed by atoms with Gasteiger partial charge in [-0.25, -0.2) is 4.98 Å². The normalized spacial score (nSPS) is 11.2. The number of amides is 1. The van der Waals surface area contributed by atoms with Crippen molar-refractivity contribution in [3.63, 3.8) is 0 Å². The highest BCUT2D eigenvalue weighted by atomic mass is 32.1. The first-order valence-electron chi connectivity index (χ1n) is 9.02. The van der Waals surface area contributed by atoms with E-state index in [1.165, 1.54) is 6.20 Å². The van der Waals surface area contributed by atoms with Gasteiger partial charge in [-0.2, -0.15) is 0 Å². The second kappa shape index (κ2) is 7.03. The van der Waals surface area contributed by atoms with Crippen LogP contribution in [0.4, 0.5) is 0 Å². The third-order valence-electron chi connectivity index (χ3n) is 4.62. The zero-order chi connectivity index (χ0) is 19.8. The molecule has 142 valence electrons. The van der Waals surface area contributed by atoms with Crippen molar-refractivity contribution in [3.8, 4) is 10.8 Å². The molecule has 5 aromatic rings. The summed E-state index contributed by atoms with van der Waals surface area (Å²) in [6.45, 7) is 0.177. The SMILES string of the molecule is O=C(NCc1ccc(-c2nc3ccccc3s2)o1)c1c[nH]c2ccccc2c1=O. The van der Waals surface area contributed by atoms with E-state index < -0.39 is 5.91 Å². The summed E-state index contributed by atoms with van der Waals surface area (Å²) in [6, 6.07) is 18.6. The van der Waals surface area contributed by atoms with Crippen LogP contribution in [-0.4, -0.2) is 15.9 Å². The van der Waals surface area contributed by atoms with E-state index in [4.69, 9.17) is 4.42 Å². The first-order valence-corrected chi connectivity index (χ1v) is 9.84. The lowest BCUT2D eigenvalue weighted by Gasteiger charge is -2.04. The van der Waals surface area contributed by atoms with E-state index in [9.17, 15) is 9.59 Å². The Morgan fingerprint density at radius 2 is 1.90 bits per heavy atom. The van der Waals surface area contributed by atoms with Gasteiger partial charge in [-0.1, -0.05) is 24.3 Å². The Labute approximate surface area is 168 Å². The molecule has 5 rings (SSSR count). The van der Waals surface area contributed by atoms with Gasteiger partial charge in [0.1, 0.15) is 11.3 Å². The Bertz CT molecular complexity index is 1380. The summed E-state index contributed by atoms with van der Waals surface area (Å²) in [5.74, 6) is 0.791. The molecule has 2 aromatic carbocycles. The van der Waals surface area contributed by atoms with Gasteiger partial charge in [-0.05, 0) is 36.4 Å². The van der Waals surface area contributed by atoms with Crippen LogP contribution in [0.5, 0.6) is 0 Å². The predicted octanol–water partition coefficient (Wildman–Crippen LogP) is 4.33. The third kappa shape index (κ3) is 3.21. The summed E-state index contributed by atoms with van der Waals surface area (Å²) < 4.78 is 6.92. The lowest BCUT2D eigenvalue weighted by atomic mass is 10.1. The van der Waals surface area contributed by atoms with Crippen molar-refractivity contribution in [1.82, 2.24) is 15.3 Å². The van der Waals surface area contributed by atoms with E-state index in [1.807, 2.05) is 36.4 Å². The highest BCUT2D eigenvalue weighted by molar-refractivity contribution is 7.21. The molecule has 0 atom stereocenters. The maximum atomic E-state index is 12.5. The number of fused-ring (bicyclic) bond motifs is 2. The zero-order valence-corrected chi connectivity index (χ0v) is 16.0. The number of aromatic amines is 1. The van der Waals surface area contributed by atoms with E-state index in [-0.39, 0.29) is 17.5 Å². The maximum absolute atomic E-state index is 12.5. The van der Waals surface area contributed by atoms with Crippen LogP contribution in [0.1, 0.15) is 16.1 Å². The van der Waals surface area contributed by atoms with Gasteiger partial charge in [0.2, 0.25) is 5.43 Å². The molecule has 7 heteroatoms. The van der Waals surface area contributed by atoms with Crippen LogP contribution < -0.4 is 10.7 Å². The molecule has 0 radical (unpaired) electrons. The molecule has 0 bridgehead atoms. The number of aromatic nitrogens is 2. The number of hydrogen-bond donors (Lipinski definition) is 2. The number of pyridine rings is 1. The molecule has 0 saturated heterocycles. The summed E-state index contributed by atoms with van der Waals surface area (Å²) in [7, 11) is 0. The third-order valence-corrected chi connectivity index (χ3v) is 5.67. The Hall–Kier alpha value is -3.71. The molecular formula is C22H15N3O3S. The van der Waals surface area contributed by atoms with Crippen LogP contribution in [0, 0.1) is 0 Å². The van der Waals surface area contributed by atoms with Crippen LogP contribution in [-0.2, 0) is 6.54 Å². The number of benzene rings is 2. The Morgan fingerprint density at radius 1 is 1.07 bits per heavy atom. The molecule has 0 aliphatic heterocycles. The largest absolute Gasteiger partial charge is 0.457 e. The van der Waals surface area contributed by atoms with Gasteiger partial charge in [0.05, 0.1) is 16.8 Å². The smallest absolute Gasteiger partial charge is 0.257 e. The van der Waals surface area contributed by atoms with Gasteiger partial charge in [0.25, 0.3) is 5.91 Å². The van der Waals surface area contributed by atoms with Gasteiger partial charge < -0.3 is 14.7 Å². The fraction of sp³-hybridized carbons (Fsp3) is 0.0455. The molecule has 0 aliphatic rings. The number of carbonyl (C=O) groups is 1. The number of hydrogen-bond acceptors (Lipinski definition) is 5. The number of carbonyl (C=O) groups excluding carboxylic acids is 1. The quantitative estimate of drug-likeness (QED) is 0.469. The van der Waals surface area contributed by atoms with Gasteiger partial charge in [0.15, 0.2) is 10.8 Å². The number of nitrogens with one attached hydrogen (secondary N) is 2. The summed E-state index contributed by atoms with van der Waals surface area (Å²) in [6.07, 6.45) is 1.44. The predicted molar refractivity (Wildman–Crippen MR) is 113 cm³/mol. The molecule has 3 aromatic heterocycles. The number of furan rings is 1. The van der Waals surface area contributed by atoms with Crippen molar-refractivity contribution in [2.45, 2.75) is 6.54 Å². The number of para-hydroxylation sites is 2. The fourth-order valence-corrected chi connectivity index (χ4v) is 4.09. The molecule has 0 spiro atoms.